The van der Waals surface area contributed by atoms with Crippen LogP contribution in [0.1, 0.15) is 11.3 Å². The fraction of sp³-hybridized carbons (Fsp3) is 0.0833. The molecule has 0 fully saturated rings. The van der Waals surface area contributed by atoms with E-state index in [4.69, 9.17) is 5.11 Å². The van der Waals surface area contributed by atoms with E-state index in [2.05, 4.69) is 10.1 Å². The minimum atomic E-state index is -4.54. The first-order valence-corrected chi connectivity index (χ1v) is 5.37. The van der Waals surface area contributed by atoms with Crippen molar-refractivity contribution in [2.75, 3.05) is 0 Å². The van der Waals surface area contributed by atoms with Gasteiger partial charge >= 0.3 is 12.1 Å². The zero-order valence-electron chi connectivity index (χ0n) is 9.87. The molecule has 2 aromatic heterocycles. The molecule has 0 saturated carbocycles. The first-order valence-electron chi connectivity index (χ1n) is 5.37. The minimum absolute atomic E-state index is 0.112. The van der Waals surface area contributed by atoms with E-state index in [-0.39, 0.29) is 5.82 Å². The van der Waals surface area contributed by atoms with Crippen LogP contribution in [-0.4, -0.2) is 25.8 Å². The second kappa shape index (κ2) is 5.16. The van der Waals surface area contributed by atoms with Crippen LogP contribution in [-0.2, 0) is 11.0 Å². The van der Waals surface area contributed by atoms with Crippen LogP contribution < -0.4 is 0 Å². The number of rotatable bonds is 3. The van der Waals surface area contributed by atoms with Crippen molar-refractivity contribution in [3.63, 3.8) is 0 Å². The highest BCUT2D eigenvalue weighted by Crippen LogP contribution is 2.28. The maximum absolute atomic E-state index is 12.5. The van der Waals surface area contributed by atoms with Gasteiger partial charge in [-0.3, -0.25) is 0 Å². The number of alkyl halides is 3. The van der Waals surface area contributed by atoms with Crippen molar-refractivity contribution in [2.45, 2.75) is 6.18 Å². The molecule has 104 valence electrons. The highest BCUT2D eigenvalue weighted by molar-refractivity contribution is 5.85. The lowest BCUT2D eigenvalue weighted by Crippen LogP contribution is -2.08. The third-order valence-corrected chi connectivity index (χ3v) is 2.32. The van der Waals surface area contributed by atoms with E-state index >= 15 is 0 Å². The second-order valence-corrected chi connectivity index (χ2v) is 3.73. The fourth-order valence-electron chi connectivity index (χ4n) is 1.49. The van der Waals surface area contributed by atoms with Gasteiger partial charge in [0.05, 0.1) is 0 Å². The minimum Gasteiger partial charge on any atom is -0.478 e. The number of aromatic nitrogens is 3. The Morgan fingerprint density at radius 2 is 2.10 bits per heavy atom. The van der Waals surface area contributed by atoms with Gasteiger partial charge in [0.2, 0.25) is 0 Å². The van der Waals surface area contributed by atoms with E-state index in [1.807, 2.05) is 0 Å². The SMILES string of the molecule is O=C(O)/C=C/c1cccnc1-n1ccc(C(F)(F)F)n1. The summed E-state index contributed by atoms with van der Waals surface area (Å²) in [6.07, 6.45) is 0.0526. The van der Waals surface area contributed by atoms with Crippen molar-refractivity contribution in [2.24, 2.45) is 0 Å². The lowest BCUT2D eigenvalue weighted by molar-refractivity contribution is -0.141. The number of pyridine rings is 1. The zero-order valence-corrected chi connectivity index (χ0v) is 9.87. The average Bonchev–Trinajstić information content (AvgIpc) is 2.86. The van der Waals surface area contributed by atoms with Gasteiger partial charge in [-0.2, -0.15) is 18.3 Å². The summed E-state index contributed by atoms with van der Waals surface area (Å²) in [6, 6.07) is 3.88. The van der Waals surface area contributed by atoms with Crippen molar-refractivity contribution in [1.82, 2.24) is 14.8 Å². The maximum atomic E-state index is 12.5. The summed E-state index contributed by atoms with van der Waals surface area (Å²) in [5, 5.41) is 12.0. The van der Waals surface area contributed by atoms with Crippen molar-refractivity contribution in [3.05, 3.63) is 47.9 Å². The van der Waals surface area contributed by atoms with Gasteiger partial charge in [0.15, 0.2) is 11.5 Å². The summed E-state index contributed by atoms with van der Waals surface area (Å²) in [5.74, 6) is -1.06. The molecule has 2 rings (SSSR count). The highest BCUT2D eigenvalue weighted by atomic mass is 19.4. The Morgan fingerprint density at radius 3 is 2.70 bits per heavy atom. The molecule has 0 amide bonds. The topological polar surface area (TPSA) is 68.0 Å². The van der Waals surface area contributed by atoms with E-state index in [0.29, 0.717) is 5.56 Å². The molecule has 2 aromatic rings. The van der Waals surface area contributed by atoms with Gasteiger partial charge in [-0.15, -0.1) is 0 Å². The van der Waals surface area contributed by atoms with Gasteiger partial charge in [0.1, 0.15) is 0 Å². The lowest BCUT2D eigenvalue weighted by atomic mass is 10.2. The molecule has 8 heteroatoms. The lowest BCUT2D eigenvalue weighted by Gasteiger charge is -2.05. The molecule has 0 aliphatic rings. The maximum Gasteiger partial charge on any atom is 0.435 e. The molecule has 0 bridgehead atoms. The average molecular weight is 283 g/mol. The van der Waals surface area contributed by atoms with Crippen LogP contribution in [0, 0.1) is 0 Å². The Hall–Kier alpha value is -2.64. The quantitative estimate of drug-likeness (QED) is 0.878. The molecule has 0 aliphatic heterocycles. The van der Waals surface area contributed by atoms with Crippen molar-refractivity contribution >= 4 is 12.0 Å². The fourth-order valence-corrected chi connectivity index (χ4v) is 1.49. The van der Waals surface area contributed by atoms with Gasteiger partial charge in [0.25, 0.3) is 0 Å². The van der Waals surface area contributed by atoms with Crippen LogP contribution in [0.25, 0.3) is 11.9 Å². The Morgan fingerprint density at radius 1 is 1.35 bits per heavy atom. The van der Waals surface area contributed by atoms with Crippen LogP contribution in [0.5, 0.6) is 0 Å². The van der Waals surface area contributed by atoms with Crippen LogP contribution >= 0.6 is 0 Å². The predicted molar refractivity (Wildman–Crippen MR) is 63.0 cm³/mol. The first kappa shape index (κ1) is 13.8. The smallest absolute Gasteiger partial charge is 0.435 e. The molecule has 0 aromatic carbocycles. The number of carbonyl (C=O) groups is 1. The third kappa shape index (κ3) is 3.02. The van der Waals surface area contributed by atoms with Gasteiger partial charge in [-0.1, -0.05) is 0 Å². The van der Waals surface area contributed by atoms with Gasteiger partial charge in [-0.25, -0.2) is 14.5 Å². The molecule has 0 saturated heterocycles. The Labute approximate surface area is 111 Å². The summed E-state index contributed by atoms with van der Waals surface area (Å²) < 4.78 is 38.4. The molecular weight excluding hydrogens is 275 g/mol. The molecule has 0 unspecified atom stereocenters. The van der Waals surface area contributed by atoms with Crippen LogP contribution in [0.15, 0.2) is 36.7 Å². The summed E-state index contributed by atoms with van der Waals surface area (Å²) >= 11 is 0. The molecule has 1 N–H and O–H groups in total. The van der Waals surface area contributed by atoms with E-state index in [1.54, 1.807) is 6.07 Å². The molecule has 0 atom stereocenters. The number of nitrogens with zero attached hydrogens (tertiary/aromatic N) is 3. The van der Waals surface area contributed by atoms with E-state index in [1.165, 1.54) is 18.3 Å². The van der Waals surface area contributed by atoms with E-state index in [0.717, 1.165) is 23.0 Å². The number of carboxylic acid groups (broad SMARTS) is 1. The normalized spacial score (nSPS) is 11.9. The summed E-state index contributed by atoms with van der Waals surface area (Å²) in [5.41, 5.74) is -0.706. The molecule has 20 heavy (non-hydrogen) atoms. The van der Waals surface area contributed by atoms with Crippen LogP contribution in [0.2, 0.25) is 0 Å². The van der Waals surface area contributed by atoms with Gasteiger partial charge in [-0.05, 0) is 24.3 Å². The number of aliphatic carboxylic acids is 1. The summed E-state index contributed by atoms with van der Waals surface area (Å²) in [6.45, 7) is 0. The van der Waals surface area contributed by atoms with Crippen LogP contribution in [0.4, 0.5) is 13.2 Å². The van der Waals surface area contributed by atoms with Gasteiger partial charge < -0.3 is 5.11 Å². The number of carboxylic acids is 1. The highest BCUT2D eigenvalue weighted by Gasteiger charge is 2.33. The first-order chi connectivity index (χ1) is 9.38. The standard InChI is InChI=1S/C12H8F3N3O2/c13-12(14,15)9-5-7-18(17-9)11-8(2-1-6-16-11)3-4-10(19)20/h1-7H,(H,19,20)/b4-3+. The monoisotopic (exact) mass is 283 g/mol. The zero-order chi connectivity index (χ0) is 14.8. The Kier molecular flexibility index (Phi) is 3.55. The van der Waals surface area contributed by atoms with Crippen molar-refractivity contribution in [3.8, 4) is 5.82 Å². The third-order valence-electron chi connectivity index (χ3n) is 2.32. The van der Waals surface area contributed by atoms with E-state index in [9.17, 15) is 18.0 Å². The molecular formula is C12H8F3N3O2. The van der Waals surface area contributed by atoms with Crippen molar-refractivity contribution < 1.29 is 23.1 Å². The number of halogens is 3. The Bertz CT molecular complexity index is 662. The number of hydrogen-bond donors (Lipinski definition) is 1. The molecule has 2 heterocycles. The van der Waals surface area contributed by atoms with Crippen LogP contribution in [0.3, 0.4) is 0 Å². The second-order valence-electron chi connectivity index (χ2n) is 3.73. The molecule has 0 spiro atoms. The largest absolute Gasteiger partial charge is 0.478 e. The molecule has 0 radical (unpaired) electrons. The predicted octanol–water partition coefficient (Wildman–Crippen LogP) is 2.38. The van der Waals surface area contributed by atoms with E-state index < -0.39 is 17.8 Å². The van der Waals surface area contributed by atoms with Gasteiger partial charge in [0, 0.05) is 24.0 Å². The molecule has 5 nitrogen and oxygen atoms in total. The van der Waals surface area contributed by atoms with Crippen molar-refractivity contribution in [1.29, 1.82) is 0 Å². The Balaban J connectivity index is 2.43. The summed E-state index contributed by atoms with van der Waals surface area (Å²) in [7, 11) is 0. The molecule has 0 aliphatic carbocycles. The number of hydrogen-bond acceptors (Lipinski definition) is 3. The summed E-state index contributed by atoms with van der Waals surface area (Å²) in [4.78, 5) is 14.4.